The lowest BCUT2D eigenvalue weighted by Gasteiger charge is -2.20. The zero-order valence-electron chi connectivity index (χ0n) is 24.6. The number of rotatable bonds is 3. The van der Waals surface area contributed by atoms with Gasteiger partial charge in [0.05, 0.1) is 11.2 Å². The van der Waals surface area contributed by atoms with E-state index in [0.29, 0.717) is 0 Å². The van der Waals surface area contributed by atoms with Gasteiger partial charge in [-0.25, -0.2) is 0 Å². The third kappa shape index (κ3) is 4.78. The van der Waals surface area contributed by atoms with Crippen LogP contribution in [0, 0.1) is 0 Å². The van der Waals surface area contributed by atoms with Gasteiger partial charge in [-0.15, -0.1) is 11.3 Å². The molecular formula is C39H34N2OS. The van der Waals surface area contributed by atoms with Gasteiger partial charge in [0.2, 0.25) is 0 Å². The zero-order valence-corrected chi connectivity index (χ0v) is 25.4. The van der Waals surface area contributed by atoms with Crippen LogP contribution in [-0.2, 0) is 0 Å². The molecule has 0 saturated heterocycles. The summed E-state index contributed by atoms with van der Waals surface area (Å²) in [5.74, 6) is 1.78. The maximum atomic E-state index is 6.74. The lowest BCUT2D eigenvalue weighted by atomic mass is 9.95. The standard InChI is InChI=1S/C37H28N2OS.C2H6/c1-24-14-17-33-36(40-35-13-6-5-11-29(24)35)31-16-15-27(23-34(31)39(33)28-9-3-2-4-10-28)32-22-26(18-20-38-32)30-12-7-8-25-19-21-41-37(25)30;1-2/h2-4,6-10,12-19,21-23,38H,1,5,11,20H2;1-2H3/b17-14-;. The van der Waals surface area contributed by atoms with Crippen molar-refractivity contribution in [1.82, 2.24) is 9.88 Å². The summed E-state index contributed by atoms with van der Waals surface area (Å²) in [4.78, 5) is 0. The Balaban J connectivity index is 0.00000147. The van der Waals surface area contributed by atoms with E-state index in [1.54, 1.807) is 11.3 Å². The van der Waals surface area contributed by atoms with Crippen molar-refractivity contribution in [3.05, 3.63) is 149 Å². The van der Waals surface area contributed by atoms with Gasteiger partial charge in [0.25, 0.3) is 0 Å². The Morgan fingerprint density at radius 3 is 2.70 bits per heavy atom. The van der Waals surface area contributed by atoms with Crippen molar-refractivity contribution in [2.24, 2.45) is 0 Å². The number of thiophene rings is 1. The largest absolute Gasteiger partial charge is 0.454 e. The maximum absolute atomic E-state index is 6.74. The predicted molar refractivity (Wildman–Crippen MR) is 185 cm³/mol. The first-order chi connectivity index (χ1) is 21.2. The third-order valence-corrected chi connectivity index (χ3v) is 9.12. The third-order valence-electron chi connectivity index (χ3n) is 8.16. The molecule has 0 unspecified atom stereocenters. The summed E-state index contributed by atoms with van der Waals surface area (Å²) in [6.07, 6.45) is 15.1. The molecule has 2 aromatic heterocycles. The molecule has 1 aliphatic carbocycles. The molecule has 5 aromatic rings. The first-order valence-electron chi connectivity index (χ1n) is 15.1. The molecule has 3 aromatic carbocycles. The number of nitrogens with zero attached hydrogens (tertiary/aromatic N) is 1. The number of allylic oxidation sites excluding steroid dienone is 7. The lowest BCUT2D eigenvalue weighted by molar-refractivity contribution is 0.436. The van der Waals surface area contributed by atoms with E-state index >= 15 is 0 Å². The van der Waals surface area contributed by atoms with Crippen LogP contribution < -0.4 is 10.1 Å². The van der Waals surface area contributed by atoms with Gasteiger partial charge < -0.3 is 14.6 Å². The first kappa shape index (κ1) is 27.1. The van der Waals surface area contributed by atoms with E-state index in [1.807, 2.05) is 13.8 Å². The fourth-order valence-electron chi connectivity index (χ4n) is 6.13. The van der Waals surface area contributed by atoms with Gasteiger partial charge >= 0.3 is 0 Å². The zero-order chi connectivity index (χ0) is 29.3. The van der Waals surface area contributed by atoms with Gasteiger partial charge in [0.1, 0.15) is 5.76 Å². The highest BCUT2D eigenvalue weighted by atomic mass is 32.1. The van der Waals surface area contributed by atoms with Crippen LogP contribution in [0.5, 0.6) is 5.75 Å². The second-order valence-electron chi connectivity index (χ2n) is 10.6. The minimum atomic E-state index is 0.786. The van der Waals surface area contributed by atoms with E-state index in [9.17, 15) is 0 Å². The van der Waals surface area contributed by atoms with Crippen LogP contribution in [-0.4, -0.2) is 11.1 Å². The molecular weight excluding hydrogens is 545 g/mol. The van der Waals surface area contributed by atoms with E-state index < -0.39 is 0 Å². The van der Waals surface area contributed by atoms with E-state index in [2.05, 4.69) is 131 Å². The Kier molecular flexibility index (Phi) is 7.22. The van der Waals surface area contributed by atoms with E-state index in [4.69, 9.17) is 4.74 Å². The van der Waals surface area contributed by atoms with Gasteiger partial charge in [-0.1, -0.05) is 81.1 Å². The molecule has 2 aliphatic heterocycles. The van der Waals surface area contributed by atoms with Crippen molar-refractivity contribution in [2.75, 3.05) is 6.54 Å². The number of hydrogen-bond donors (Lipinski definition) is 1. The van der Waals surface area contributed by atoms with Crippen LogP contribution in [0.25, 0.3) is 44.0 Å². The number of hydrogen-bond acceptors (Lipinski definition) is 3. The number of nitrogens with one attached hydrogen (secondary N) is 1. The summed E-state index contributed by atoms with van der Waals surface area (Å²) < 4.78 is 10.4. The van der Waals surface area contributed by atoms with Crippen LogP contribution in [0.3, 0.4) is 0 Å². The molecule has 3 nitrogen and oxygen atoms in total. The molecule has 3 aliphatic rings. The summed E-state index contributed by atoms with van der Waals surface area (Å²) >= 11 is 1.80. The number of ether oxygens (including phenoxy) is 1. The van der Waals surface area contributed by atoms with Crippen molar-refractivity contribution in [3.63, 3.8) is 0 Å². The highest BCUT2D eigenvalue weighted by Crippen LogP contribution is 2.42. The van der Waals surface area contributed by atoms with Crippen LogP contribution in [0.4, 0.5) is 0 Å². The fourth-order valence-corrected chi connectivity index (χ4v) is 7.07. The Hall–Kier alpha value is -4.80. The smallest absolute Gasteiger partial charge is 0.160 e. The van der Waals surface area contributed by atoms with Crippen molar-refractivity contribution >= 4 is 49.7 Å². The molecule has 0 amide bonds. The molecule has 212 valence electrons. The molecule has 0 bridgehead atoms. The van der Waals surface area contributed by atoms with Gasteiger partial charge in [-0.3, -0.25) is 0 Å². The Morgan fingerprint density at radius 2 is 1.81 bits per heavy atom. The molecule has 0 radical (unpaired) electrons. The molecule has 4 heteroatoms. The van der Waals surface area contributed by atoms with Gasteiger partial charge in [-0.05, 0) is 94.4 Å². The molecule has 4 heterocycles. The second-order valence-corrected chi connectivity index (χ2v) is 11.5. The minimum absolute atomic E-state index is 0.786. The molecule has 0 spiro atoms. The fraction of sp³-hybridized carbons (Fsp3) is 0.128. The summed E-state index contributed by atoms with van der Waals surface area (Å²) in [7, 11) is 0. The molecule has 0 fully saturated rings. The lowest BCUT2D eigenvalue weighted by Crippen LogP contribution is -2.16. The Labute approximate surface area is 257 Å². The number of para-hydroxylation sites is 1. The van der Waals surface area contributed by atoms with Crippen molar-refractivity contribution < 1.29 is 4.74 Å². The Morgan fingerprint density at radius 1 is 0.930 bits per heavy atom. The Bertz CT molecular complexity index is 2030. The quantitative estimate of drug-likeness (QED) is 0.230. The predicted octanol–water partition coefficient (Wildman–Crippen LogP) is 10.5. The number of benzene rings is 3. The van der Waals surface area contributed by atoms with Crippen LogP contribution in [0.2, 0.25) is 0 Å². The van der Waals surface area contributed by atoms with E-state index in [1.165, 1.54) is 26.8 Å². The van der Waals surface area contributed by atoms with Crippen LogP contribution in [0.1, 0.15) is 43.5 Å². The van der Waals surface area contributed by atoms with E-state index in [0.717, 1.165) is 70.0 Å². The van der Waals surface area contributed by atoms with Crippen LogP contribution >= 0.6 is 11.3 Å². The number of dihydropyridines is 1. The van der Waals surface area contributed by atoms with Gasteiger partial charge in [0, 0.05) is 33.6 Å². The van der Waals surface area contributed by atoms with Crippen LogP contribution in [0.15, 0.2) is 132 Å². The monoisotopic (exact) mass is 578 g/mol. The summed E-state index contributed by atoms with van der Waals surface area (Å²) in [6, 6.07) is 26.0. The highest BCUT2D eigenvalue weighted by Gasteiger charge is 2.24. The number of aromatic nitrogens is 1. The molecule has 0 atom stereocenters. The number of fused-ring (bicyclic) bond motifs is 4. The summed E-state index contributed by atoms with van der Waals surface area (Å²) in [5, 5.41) is 8.19. The van der Waals surface area contributed by atoms with E-state index in [-0.39, 0.29) is 0 Å². The van der Waals surface area contributed by atoms with Crippen molar-refractivity contribution in [3.8, 4) is 11.4 Å². The SMILES string of the molecule is C=C1/C=C\c2c(c3ccc(C4=CC(c5cccc6ccsc56)=CCN4)cc3n2-c2ccccc2)OC2=C1CCC=C2.CC. The first-order valence-corrected chi connectivity index (χ1v) is 15.9. The second kappa shape index (κ2) is 11.5. The maximum Gasteiger partial charge on any atom is 0.160 e. The molecule has 1 N–H and O–H groups in total. The van der Waals surface area contributed by atoms with Gasteiger partial charge in [-0.2, -0.15) is 0 Å². The van der Waals surface area contributed by atoms with Crippen molar-refractivity contribution in [2.45, 2.75) is 26.7 Å². The van der Waals surface area contributed by atoms with Crippen molar-refractivity contribution in [1.29, 1.82) is 0 Å². The molecule has 8 rings (SSSR count). The molecule has 0 saturated carbocycles. The normalized spacial score (nSPS) is 16.6. The summed E-state index contributed by atoms with van der Waals surface area (Å²) in [6.45, 7) is 9.15. The summed E-state index contributed by atoms with van der Waals surface area (Å²) in [5.41, 5.74) is 10.2. The van der Waals surface area contributed by atoms with Gasteiger partial charge in [0.15, 0.2) is 5.75 Å². The average molecular weight is 579 g/mol. The topological polar surface area (TPSA) is 26.2 Å². The highest BCUT2D eigenvalue weighted by molar-refractivity contribution is 7.17. The molecule has 43 heavy (non-hydrogen) atoms. The minimum Gasteiger partial charge on any atom is -0.454 e. The average Bonchev–Trinajstić information content (AvgIpc) is 3.67.